The lowest BCUT2D eigenvalue weighted by atomic mass is 10.3. The van der Waals surface area contributed by atoms with Crippen molar-refractivity contribution in [2.45, 2.75) is 26.4 Å². The fourth-order valence-corrected chi connectivity index (χ4v) is 1.40. The normalized spacial score (nSPS) is 10.2. The summed E-state index contributed by atoms with van der Waals surface area (Å²) in [7, 11) is 0. The molecule has 1 amide bonds. The summed E-state index contributed by atoms with van der Waals surface area (Å²) in [6, 6.07) is 3.59. The molecule has 0 saturated carbocycles. The molecule has 0 unspecified atom stereocenters. The van der Waals surface area contributed by atoms with Crippen LogP contribution in [0.5, 0.6) is 0 Å². The van der Waals surface area contributed by atoms with Gasteiger partial charge in [0.25, 0.3) is 0 Å². The molecule has 1 heterocycles. The number of rotatable bonds is 8. The Hall–Kier alpha value is -1.33. The van der Waals surface area contributed by atoms with Crippen molar-refractivity contribution in [1.82, 2.24) is 10.3 Å². The smallest absolute Gasteiger partial charge is 0.407 e. The number of carbonyl (C=O) groups is 1. The average molecular weight is 287 g/mol. The molecule has 0 aliphatic carbocycles. The largest absolute Gasteiger partial charge is 0.449 e. The number of amides is 1. The minimum atomic E-state index is -0.372. The molecular formula is C13H19ClN2O3. The van der Waals surface area contributed by atoms with Crippen LogP contribution in [0.25, 0.3) is 0 Å². The van der Waals surface area contributed by atoms with Gasteiger partial charge in [0, 0.05) is 19.2 Å². The standard InChI is InChI=1S/C13H19ClN2O3/c1-2-6-15-13(17)19-8-3-7-18-10-11-4-5-12(14)16-9-11/h4-5,9H,2-3,6-8,10H2,1H3,(H,15,17). The molecule has 0 aliphatic rings. The number of pyridine rings is 1. The lowest BCUT2D eigenvalue weighted by molar-refractivity contribution is 0.0921. The summed E-state index contributed by atoms with van der Waals surface area (Å²) in [4.78, 5) is 15.0. The van der Waals surface area contributed by atoms with Gasteiger partial charge < -0.3 is 14.8 Å². The molecular weight excluding hydrogens is 268 g/mol. The number of nitrogens with zero attached hydrogens (tertiary/aromatic N) is 1. The molecule has 0 atom stereocenters. The Morgan fingerprint density at radius 3 is 2.95 bits per heavy atom. The van der Waals surface area contributed by atoms with Gasteiger partial charge in [0.15, 0.2) is 0 Å². The van der Waals surface area contributed by atoms with Gasteiger partial charge in [-0.1, -0.05) is 24.6 Å². The van der Waals surface area contributed by atoms with Crippen molar-refractivity contribution < 1.29 is 14.3 Å². The number of hydrogen-bond donors (Lipinski definition) is 1. The van der Waals surface area contributed by atoms with E-state index in [2.05, 4.69) is 10.3 Å². The van der Waals surface area contributed by atoms with E-state index in [1.54, 1.807) is 12.3 Å². The Balaban J connectivity index is 1.99. The van der Waals surface area contributed by atoms with Crippen LogP contribution < -0.4 is 5.32 Å². The Morgan fingerprint density at radius 1 is 1.42 bits per heavy atom. The highest BCUT2D eigenvalue weighted by atomic mass is 35.5. The Morgan fingerprint density at radius 2 is 2.26 bits per heavy atom. The van der Waals surface area contributed by atoms with E-state index in [-0.39, 0.29) is 6.09 Å². The van der Waals surface area contributed by atoms with E-state index in [0.29, 0.717) is 37.9 Å². The predicted octanol–water partition coefficient (Wildman–Crippen LogP) is 2.78. The van der Waals surface area contributed by atoms with Gasteiger partial charge in [-0.05, 0) is 18.1 Å². The summed E-state index contributed by atoms with van der Waals surface area (Å²) in [5.74, 6) is 0. The number of hydrogen-bond acceptors (Lipinski definition) is 4. The van der Waals surface area contributed by atoms with Crippen molar-refractivity contribution in [3.05, 3.63) is 29.0 Å². The van der Waals surface area contributed by atoms with E-state index in [1.807, 2.05) is 13.0 Å². The third-order valence-corrected chi connectivity index (χ3v) is 2.47. The third-order valence-electron chi connectivity index (χ3n) is 2.24. The van der Waals surface area contributed by atoms with E-state index in [9.17, 15) is 4.79 Å². The molecule has 0 radical (unpaired) electrons. The van der Waals surface area contributed by atoms with Crippen LogP contribution in [0.3, 0.4) is 0 Å². The van der Waals surface area contributed by atoms with Crippen LogP contribution in [-0.2, 0) is 16.1 Å². The summed E-state index contributed by atoms with van der Waals surface area (Å²) in [5, 5.41) is 3.10. The van der Waals surface area contributed by atoms with Gasteiger partial charge in [0.1, 0.15) is 5.15 Å². The zero-order valence-electron chi connectivity index (χ0n) is 11.0. The van der Waals surface area contributed by atoms with Crippen molar-refractivity contribution in [1.29, 1.82) is 0 Å². The summed E-state index contributed by atoms with van der Waals surface area (Å²) >= 11 is 5.67. The first-order valence-corrected chi connectivity index (χ1v) is 6.69. The van der Waals surface area contributed by atoms with E-state index in [1.165, 1.54) is 0 Å². The van der Waals surface area contributed by atoms with Crippen LogP contribution in [0.15, 0.2) is 18.3 Å². The maximum Gasteiger partial charge on any atom is 0.407 e. The summed E-state index contributed by atoms with van der Waals surface area (Å²) in [6.07, 6.45) is 2.87. The molecule has 0 aromatic carbocycles. The molecule has 0 saturated heterocycles. The second-order valence-electron chi connectivity index (χ2n) is 3.96. The van der Waals surface area contributed by atoms with Crippen LogP contribution in [0.2, 0.25) is 5.15 Å². The number of carbonyl (C=O) groups excluding carboxylic acids is 1. The number of alkyl carbamates (subject to hydrolysis) is 1. The first kappa shape index (κ1) is 15.7. The van der Waals surface area contributed by atoms with Crippen LogP contribution in [-0.4, -0.2) is 30.8 Å². The number of nitrogens with one attached hydrogen (secondary N) is 1. The van der Waals surface area contributed by atoms with Gasteiger partial charge in [0.2, 0.25) is 0 Å². The van der Waals surface area contributed by atoms with Gasteiger partial charge in [-0.3, -0.25) is 0 Å². The van der Waals surface area contributed by atoms with Crippen molar-refractivity contribution in [2.75, 3.05) is 19.8 Å². The monoisotopic (exact) mass is 286 g/mol. The summed E-state index contributed by atoms with van der Waals surface area (Å²) in [6.45, 7) is 3.99. The van der Waals surface area contributed by atoms with E-state index in [4.69, 9.17) is 21.1 Å². The predicted molar refractivity (Wildman–Crippen MR) is 73.2 cm³/mol. The van der Waals surface area contributed by atoms with Gasteiger partial charge in [-0.25, -0.2) is 9.78 Å². The molecule has 0 fully saturated rings. The topological polar surface area (TPSA) is 60.5 Å². The van der Waals surface area contributed by atoms with Crippen molar-refractivity contribution in [3.8, 4) is 0 Å². The molecule has 0 bridgehead atoms. The van der Waals surface area contributed by atoms with E-state index >= 15 is 0 Å². The molecule has 106 valence electrons. The van der Waals surface area contributed by atoms with Gasteiger partial charge >= 0.3 is 6.09 Å². The number of ether oxygens (including phenoxy) is 2. The SMILES string of the molecule is CCCNC(=O)OCCCOCc1ccc(Cl)nc1. The minimum Gasteiger partial charge on any atom is -0.449 e. The number of aromatic nitrogens is 1. The van der Waals surface area contributed by atoms with Crippen molar-refractivity contribution in [3.63, 3.8) is 0 Å². The van der Waals surface area contributed by atoms with Gasteiger partial charge in [-0.2, -0.15) is 0 Å². The molecule has 5 nitrogen and oxygen atoms in total. The third kappa shape index (κ3) is 7.64. The molecule has 1 aromatic heterocycles. The zero-order valence-corrected chi connectivity index (χ0v) is 11.8. The Bertz CT molecular complexity index is 371. The average Bonchev–Trinajstić information content (AvgIpc) is 2.42. The second-order valence-corrected chi connectivity index (χ2v) is 4.35. The Labute approximate surface area is 118 Å². The fraction of sp³-hybridized carbons (Fsp3) is 0.538. The molecule has 1 aromatic rings. The van der Waals surface area contributed by atoms with Gasteiger partial charge in [0.05, 0.1) is 19.8 Å². The molecule has 0 spiro atoms. The first-order valence-electron chi connectivity index (χ1n) is 6.31. The maximum atomic E-state index is 11.1. The lowest BCUT2D eigenvalue weighted by Crippen LogP contribution is -2.25. The zero-order chi connectivity index (χ0) is 13.9. The first-order chi connectivity index (χ1) is 9.22. The summed E-state index contributed by atoms with van der Waals surface area (Å²) in [5.41, 5.74) is 0.964. The molecule has 1 rings (SSSR count). The van der Waals surface area contributed by atoms with Crippen molar-refractivity contribution >= 4 is 17.7 Å². The summed E-state index contributed by atoms with van der Waals surface area (Å²) < 4.78 is 10.4. The fourth-order valence-electron chi connectivity index (χ4n) is 1.29. The molecule has 19 heavy (non-hydrogen) atoms. The van der Waals surface area contributed by atoms with Crippen LogP contribution >= 0.6 is 11.6 Å². The Kier molecular flexibility index (Phi) is 7.93. The van der Waals surface area contributed by atoms with E-state index < -0.39 is 0 Å². The quantitative estimate of drug-likeness (QED) is 0.590. The highest BCUT2D eigenvalue weighted by molar-refractivity contribution is 6.29. The highest BCUT2D eigenvalue weighted by Gasteiger charge is 1.99. The second kappa shape index (κ2) is 9.58. The van der Waals surface area contributed by atoms with Crippen molar-refractivity contribution in [2.24, 2.45) is 0 Å². The molecule has 0 aliphatic heterocycles. The minimum absolute atomic E-state index is 0.356. The molecule has 1 N–H and O–H groups in total. The van der Waals surface area contributed by atoms with Crippen LogP contribution in [0, 0.1) is 0 Å². The number of halogens is 1. The van der Waals surface area contributed by atoms with Crippen LogP contribution in [0.4, 0.5) is 4.79 Å². The van der Waals surface area contributed by atoms with E-state index in [0.717, 1.165) is 12.0 Å². The maximum absolute atomic E-state index is 11.1. The van der Waals surface area contributed by atoms with Gasteiger partial charge in [-0.15, -0.1) is 0 Å². The van der Waals surface area contributed by atoms with Crippen LogP contribution in [0.1, 0.15) is 25.3 Å². The highest BCUT2D eigenvalue weighted by Crippen LogP contribution is 2.06. The molecule has 6 heteroatoms. The lowest BCUT2D eigenvalue weighted by Gasteiger charge is -2.06.